The van der Waals surface area contributed by atoms with Gasteiger partial charge in [-0.1, -0.05) is 40.5 Å². The molecule has 0 aromatic carbocycles. The summed E-state index contributed by atoms with van der Waals surface area (Å²) in [6.45, 7) is 10.4. The molecule has 1 amide bonds. The predicted octanol–water partition coefficient (Wildman–Crippen LogP) is 4.04. The molecule has 19 heavy (non-hydrogen) atoms. The molecule has 1 N–H and O–H groups in total. The minimum absolute atomic E-state index is 0.0741. The maximum absolute atomic E-state index is 12.4. The normalized spacial score (nSPS) is 13.1. The molecule has 0 bridgehead atoms. The highest BCUT2D eigenvalue weighted by Gasteiger charge is 2.37. The number of nitriles is 1. The molecule has 0 radical (unpaired) electrons. The Morgan fingerprint density at radius 2 is 1.68 bits per heavy atom. The standard InChI is InChI=1S/C16H30N2O/c1-6-10-16(12-17,11-7-2)15(19)18-14(5)9-8-13(3)4/h13-14H,6-11H2,1-5H3,(H,18,19). The average molecular weight is 266 g/mol. The summed E-state index contributed by atoms with van der Waals surface area (Å²) >= 11 is 0. The van der Waals surface area contributed by atoms with Crippen molar-refractivity contribution in [2.75, 3.05) is 0 Å². The Labute approximate surface area is 118 Å². The van der Waals surface area contributed by atoms with Crippen LogP contribution in [0.3, 0.4) is 0 Å². The lowest BCUT2D eigenvalue weighted by atomic mass is 9.79. The third kappa shape index (κ3) is 6.09. The highest BCUT2D eigenvalue weighted by molar-refractivity contribution is 5.85. The maximum Gasteiger partial charge on any atom is 0.240 e. The van der Waals surface area contributed by atoms with Crippen LogP contribution in [-0.4, -0.2) is 11.9 Å². The van der Waals surface area contributed by atoms with E-state index in [0.29, 0.717) is 18.8 Å². The molecule has 1 atom stereocenters. The number of nitrogens with zero attached hydrogens (tertiary/aromatic N) is 1. The first-order chi connectivity index (χ1) is 8.91. The first kappa shape index (κ1) is 18.0. The number of amides is 1. The monoisotopic (exact) mass is 266 g/mol. The minimum atomic E-state index is -0.824. The minimum Gasteiger partial charge on any atom is -0.352 e. The largest absolute Gasteiger partial charge is 0.352 e. The molecule has 0 saturated carbocycles. The molecule has 0 aliphatic carbocycles. The molecule has 0 heterocycles. The zero-order chi connectivity index (χ0) is 14.9. The topological polar surface area (TPSA) is 52.9 Å². The molecule has 0 spiro atoms. The van der Waals surface area contributed by atoms with Crippen LogP contribution in [0, 0.1) is 22.7 Å². The molecule has 0 fully saturated rings. The number of nitrogens with one attached hydrogen (secondary N) is 1. The van der Waals surface area contributed by atoms with Crippen LogP contribution in [0.4, 0.5) is 0 Å². The summed E-state index contributed by atoms with van der Waals surface area (Å²) in [7, 11) is 0. The number of carbonyl (C=O) groups is 1. The first-order valence-corrected chi connectivity index (χ1v) is 7.64. The molecular formula is C16H30N2O. The van der Waals surface area contributed by atoms with Crippen molar-refractivity contribution in [3.05, 3.63) is 0 Å². The molecule has 3 heteroatoms. The third-order valence-corrected chi connectivity index (χ3v) is 3.56. The molecule has 110 valence electrons. The van der Waals surface area contributed by atoms with Crippen molar-refractivity contribution >= 4 is 5.91 Å². The van der Waals surface area contributed by atoms with Crippen molar-refractivity contribution in [2.24, 2.45) is 11.3 Å². The number of hydrogen-bond acceptors (Lipinski definition) is 2. The molecule has 0 aliphatic rings. The van der Waals surface area contributed by atoms with Gasteiger partial charge in [-0.3, -0.25) is 4.79 Å². The fourth-order valence-corrected chi connectivity index (χ4v) is 2.39. The second kappa shape index (κ2) is 8.96. The van der Waals surface area contributed by atoms with Gasteiger partial charge in [0.2, 0.25) is 5.91 Å². The van der Waals surface area contributed by atoms with Crippen LogP contribution in [0.5, 0.6) is 0 Å². The summed E-state index contributed by atoms with van der Waals surface area (Å²) in [4.78, 5) is 12.4. The summed E-state index contributed by atoms with van der Waals surface area (Å²) in [6, 6.07) is 2.42. The van der Waals surface area contributed by atoms with Crippen molar-refractivity contribution < 1.29 is 4.79 Å². The highest BCUT2D eigenvalue weighted by atomic mass is 16.2. The van der Waals surface area contributed by atoms with Gasteiger partial charge in [-0.15, -0.1) is 0 Å². The second-order valence-corrected chi connectivity index (χ2v) is 6.04. The van der Waals surface area contributed by atoms with Crippen LogP contribution >= 0.6 is 0 Å². The molecule has 0 aromatic rings. The molecule has 0 saturated heterocycles. The van der Waals surface area contributed by atoms with Crippen molar-refractivity contribution in [3.8, 4) is 6.07 Å². The van der Waals surface area contributed by atoms with E-state index in [9.17, 15) is 10.1 Å². The highest BCUT2D eigenvalue weighted by Crippen LogP contribution is 2.29. The zero-order valence-corrected chi connectivity index (χ0v) is 13.3. The number of carbonyl (C=O) groups excluding carboxylic acids is 1. The van der Waals surface area contributed by atoms with Gasteiger partial charge < -0.3 is 5.32 Å². The SMILES string of the molecule is CCCC(C#N)(CCC)C(=O)NC(C)CCC(C)C. The third-order valence-electron chi connectivity index (χ3n) is 3.56. The van der Waals surface area contributed by atoms with Gasteiger partial charge in [-0.05, 0) is 38.5 Å². The maximum atomic E-state index is 12.4. The van der Waals surface area contributed by atoms with Gasteiger partial charge in [0.25, 0.3) is 0 Å². The first-order valence-electron chi connectivity index (χ1n) is 7.64. The van der Waals surface area contributed by atoms with E-state index in [2.05, 4.69) is 25.2 Å². The van der Waals surface area contributed by atoms with E-state index in [1.165, 1.54) is 0 Å². The van der Waals surface area contributed by atoms with Gasteiger partial charge in [-0.25, -0.2) is 0 Å². The van der Waals surface area contributed by atoms with Crippen molar-refractivity contribution in [3.63, 3.8) is 0 Å². The van der Waals surface area contributed by atoms with Crippen molar-refractivity contribution in [1.29, 1.82) is 5.26 Å². The van der Waals surface area contributed by atoms with Gasteiger partial charge in [0.15, 0.2) is 0 Å². The lowest BCUT2D eigenvalue weighted by Crippen LogP contribution is -2.44. The van der Waals surface area contributed by atoms with E-state index in [1.54, 1.807) is 0 Å². The van der Waals surface area contributed by atoms with Crippen LogP contribution in [0.1, 0.15) is 73.1 Å². The Kier molecular flexibility index (Phi) is 8.47. The summed E-state index contributed by atoms with van der Waals surface area (Å²) in [5.74, 6) is 0.571. The van der Waals surface area contributed by atoms with Crippen LogP contribution in [-0.2, 0) is 4.79 Å². The summed E-state index contributed by atoms with van der Waals surface area (Å²) < 4.78 is 0. The Morgan fingerprint density at radius 3 is 2.05 bits per heavy atom. The van der Waals surface area contributed by atoms with E-state index in [0.717, 1.165) is 25.7 Å². The smallest absolute Gasteiger partial charge is 0.240 e. The zero-order valence-electron chi connectivity index (χ0n) is 13.3. The molecular weight excluding hydrogens is 236 g/mol. The van der Waals surface area contributed by atoms with Gasteiger partial charge in [-0.2, -0.15) is 5.26 Å². The number of rotatable bonds is 9. The van der Waals surface area contributed by atoms with E-state index in [-0.39, 0.29) is 11.9 Å². The quantitative estimate of drug-likeness (QED) is 0.685. The predicted molar refractivity (Wildman–Crippen MR) is 79.5 cm³/mol. The lowest BCUT2D eigenvalue weighted by Gasteiger charge is -2.27. The van der Waals surface area contributed by atoms with E-state index in [4.69, 9.17) is 0 Å². The van der Waals surface area contributed by atoms with E-state index >= 15 is 0 Å². The molecule has 0 aliphatic heterocycles. The molecule has 0 rings (SSSR count). The van der Waals surface area contributed by atoms with Crippen LogP contribution < -0.4 is 5.32 Å². The Hall–Kier alpha value is -1.04. The summed E-state index contributed by atoms with van der Waals surface area (Å²) in [5.41, 5.74) is -0.824. The Bertz CT molecular complexity index is 298. The van der Waals surface area contributed by atoms with Gasteiger partial charge in [0.05, 0.1) is 6.07 Å². The van der Waals surface area contributed by atoms with Crippen LogP contribution in [0.15, 0.2) is 0 Å². The van der Waals surface area contributed by atoms with E-state index in [1.807, 2.05) is 20.8 Å². The summed E-state index contributed by atoms with van der Waals surface area (Å²) in [6.07, 6.45) is 5.11. The average Bonchev–Trinajstić information content (AvgIpc) is 2.35. The Balaban J connectivity index is 4.60. The van der Waals surface area contributed by atoms with Crippen molar-refractivity contribution in [2.45, 2.75) is 79.2 Å². The van der Waals surface area contributed by atoms with Crippen molar-refractivity contribution in [1.82, 2.24) is 5.32 Å². The molecule has 3 nitrogen and oxygen atoms in total. The fourth-order valence-electron chi connectivity index (χ4n) is 2.39. The Morgan fingerprint density at radius 1 is 1.16 bits per heavy atom. The number of hydrogen-bond donors (Lipinski definition) is 1. The lowest BCUT2D eigenvalue weighted by molar-refractivity contribution is -0.129. The fraction of sp³-hybridized carbons (Fsp3) is 0.875. The van der Waals surface area contributed by atoms with Crippen LogP contribution in [0.25, 0.3) is 0 Å². The van der Waals surface area contributed by atoms with Crippen LogP contribution in [0.2, 0.25) is 0 Å². The second-order valence-electron chi connectivity index (χ2n) is 6.04. The van der Waals surface area contributed by atoms with Gasteiger partial charge in [0.1, 0.15) is 5.41 Å². The molecule has 0 aromatic heterocycles. The van der Waals surface area contributed by atoms with Gasteiger partial charge in [0, 0.05) is 6.04 Å². The van der Waals surface area contributed by atoms with Gasteiger partial charge >= 0.3 is 0 Å². The van der Waals surface area contributed by atoms with E-state index < -0.39 is 5.41 Å². The molecule has 1 unspecified atom stereocenters. The summed E-state index contributed by atoms with van der Waals surface area (Å²) in [5, 5.41) is 12.5.